The predicted molar refractivity (Wildman–Crippen MR) is 66.3 cm³/mol. The molecule has 4 heteroatoms. The molecule has 92 valence electrons. The molecule has 2 rings (SSSR count). The van der Waals surface area contributed by atoms with Gasteiger partial charge in [0.25, 0.3) is 0 Å². The fourth-order valence-corrected chi connectivity index (χ4v) is 2.50. The molecule has 0 bridgehead atoms. The van der Waals surface area contributed by atoms with Gasteiger partial charge in [0, 0.05) is 24.3 Å². The Kier molecular flexibility index (Phi) is 3.80. The zero-order valence-electron chi connectivity index (χ0n) is 10.6. The van der Waals surface area contributed by atoms with E-state index in [0.717, 1.165) is 11.3 Å². The van der Waals surface area contributed by atoms with Gasteiger partial charge in [-0.3, -0.25) is 10.00 Å². The van der Waals surface area contributed by atoms with E-state index >= 15 is 0 Å². The lowest BCUT2D eigenvalue weighted by atomic mass is 9.94. The van der Waals surface area contributed by atoms with Gasteiger partial charge in [-0.2, -0.15) is 10.4 Å². The third kappa shape index (κ3) is 2.67. The molecule has 1 N–H and O–H groups in total. The van der Waals surface area contributed by atoms with Gasteiger partial charge in [0.05, 0.1) is 12.3 Å². The van der Waals surface area contributed by atoms with Crippen LogP contribution in [-0.2, 0) is 7.05 Å². The summed E-state index contributed by atoms with van der Waals surface area (Å²) in [5.74, 6) is 0. The average Bonchev–Trinajstić information content (AvgIpc) is 2.69. The van der Waals surface area contributed by atoms with E-state index in [1.165, 1.54) is 32.1 Å². The number of rotatable bonds is 3. The van der Waals surface area contributed by atoms with Crippen molar-refractivity contribution >= 4 is 0 Å². The van der Waals surface area contributed by atoms with Gasteiger partial charge in [0.2, 0.25) is 0 Å². The van der Waals surface area contributed by atoms with Crippen molar-refractivity contribution < 1.29 is 0 Å². The van der Waals surface area contributed by atoms with Gasteiger partial charge in [0.15, 0.2) is 0 Å². The molecule has 1 aliphatic rings. The minimum atomic E-state index is -0.216. The maximum Gasteiger partial charge on any atom is 0.124 e. The Bertz CT molecular complexity index is 410. The van der Waals surface area contributed by atoms with Crippen LogP contribution in [0, 0.1) is 18.3 Å². The van der Waals surface area contributed by atoms with E-state index in [9.17, 15) is 5.26 Å². The van der Waals surface area contributed by atoms with Crippen molar-refractivity contribution in [3.8, 4) is 6.07 Å². The first-order valence-electron chi connectivity index (χ1n) is 6.36. The summed E-state index contributed by atoms with van der Waals surface area (Å²) in [5, 5.41) is 17.0. The molecule has 1 aromatic heterocycles. The molecule has 1 heterocycles. The molecule has 1 unspecified atom stereocenters. The fraction of sp³-hybridized carbons (Fsp3) is 0.692. The van der Waals surface area contributed by atoms with Crippen LogP contribution in [-0.4, -0.2) is 15.8 Å². The van der Waals surface area contributed by atoms with Crippen LogP contribution in [0.5, 0.6) is 0 Å². The van der Waals surface area contributed by atoms with E-state index in [0.29, 0.717) is 6.04 Å². The number of hydrogen-bond acceptors (Lipinski definition) is 3. The third-order valence-electron chi connectivity index (χ3n) is 3.72. The molecule has 1 aliphatic carbocycles. The van der Waals surface area contributed by atoms with E-state index in [1.54, 1.807) is 6.20 Å². The molecule has 1 atom stereocenters. The largest absolute Gasteiger partial charge is 0.295 e. The molecule has 0 aliphatic heterocycles. The van der Waals surface area contributed by atoms with E-state index in [2.05, 4.69) is 16.5 Å². The molecule has 1 saturated carbocycles. The fourth-order valence-electron chi connectivity index (χ4n) is 2.50. The lowest BCUT2D eigenvalue weighted by Gasteiger charge is -2.25. The quantitative estimate of drug-likeness (QED) is 0.869. The first kappa shape index (κ1) is 12.1. The summed E-state index contributed by atoms with van der Waals surface area (Å²) >= 11 is 0. The Morgan fingerprint density at radius 1 is 1.47 bits per heavy atom. The molecular weight excluding hydrogens is 212 g/mol. The number of aryl methyl sites for hydroxylation is 1. The molecule has 1 aromatic rings. The SMILES string of the molecule is Cc1c(C(C#N)NC2CCCCC2)cnn1C. The third-order valence-corrected chi connectivity index (χ3v) is 3.72. The lowest BCUT2D eigenvalue weighted by molar-refractivity contribution is 0.359. The zero-order chi connectivity index (χ0) is 12.3. The summed E-state index contributed by atoms with van der Waals surface area (Å²) in [6.07, 6.45) is 8.08. The number of nitrogens with one attached hydrogen (secondary N) is 1. The maximum atomic E-state index is 9.29. The Labute approximate surface area is 103 Å². The summed E-state index contributed by atoms with van der Waals surface area (Å²) < 4.78 is 1.82. The molecule has 1 fully saturated rings. The first-order chi connectivity index (χ1) is 8.22. The Hall–Kier alpha value is -1.34. The van der Waals surface area contributed by atoms with Crippen LogP contribution in [0.1, 0.15) is 49.4 Å². The Morgan fingerprint density at radius 3 is 2.71 bits per heavy atom. The number of hydrogen-bond donors (Lipinski definition) is 1. The molecule has 0 spiro atoms. The van der Waals surface area contributed by atoms with Crippen molar-refractivity contribution in [2.24, 2.45) is 7.05 Å². The van der Waals surface area contributed by atoms with Gasteiger partial charge >= 0.3 is 0 Å². The second-order valence-corrected chi connectivity index (χ2v) is 4.87. The summed E-state index contributed by atoms with van der Waals surface area (Å²) in [6.45, 7) is 2.01. The normalized spacial score (nSPS) is 18.9. The smallest absolute Gasteiger partial charge is 0.124 e. The summed E-state index contributed by atoms with van der Waals surface area (Å²) in [7, 11) is 1.91. The molecule has 0 amide bonds. The van der Waals surface area contributed by atoms with Crippen LogP contribution in [0.4, 0.5) is 0 Å². The van der Waals surface area contributed by atoms with Crippen molar-refractivity contribution in [1.82, 2.24) is 15.1 Å². The van der Waals surface area contributed by atoms with E-state index < -0.39 is 0 Å². The van der Waals surface area contributed by atoms with Crippen molar-refractivity contribution in [2.75, 3.05) is 0 Å². The number of aromatic nitrogens is 2. The minimum absolute atomic E-state index is 0.216. The van der Waals surface area contributed by atoms with Crippen LogP contribution >= 0.6 is 0 Å². The van der Waals surface area contributed by atoms with Crippen molar-refractivity contribution in [1.29, 1.82) is 5.26 Å². The van der Waals surface area contributed by atoms with Crippen LogP contribution in [0.15, 0.2) is 6.20 Å². The van der Waals surface area contributed by atoms with E-state index in [1.807, 2.05) is 18.7 Å². The van der Waals surface area contributed by atoms with Crippen molar-refractivity contribution in [2.45, 2.75) is 51.1 Å². The standard InChI is InChI=1S/C13H20N4/c1-10-12(9-15-17(10)2)13(8-14)16-11-6-4-3-5-7-11/h9,11,13,16H,3-7H2,1-2H3. The summed E-state index contributed by atoms with van der Waals surface area (Å²) in [4.78, 5) is 0. The molecule has 0 aromatic carbocycles. The number of nitrogens with zero attached hydrogens (tertiary/aromatic N) is 3. The highest BCUT2D eigenvalue weighted by atomic mass is 15.3. The summed E-state index contributed by atoms with van der Waals surface area (Å²) in [5.41, 5.74) is 2.08. The van der Waals surface area contributed by atoms with Gasteiger partial charge < -0.3 is 0 Å². The molecule has 0 radical (unpaired) electrons. The highest BCUT2D eigenvalue weighted by Crippen LogP contribution is 2.22. The van der Waals surface area contributed by atoms with Crippen molar-refractivity contribution in [3.05, 3.63) is 17.5 Å². The zero-order valence-corrected chi connectivity index (χ0v) is 10.6. The number of nitriles is 1. The van der Waals surface area contributed by atoms with Gasteiger partial charge in [-0.1, -0.05) is 19.3 Å². The average molecular weight is 232 g/mol. The maximum absolute atomic E-state index is 9.29. The summed E-state index contributed by atoms with van der Waals surface area (Å²) in [6, 6.07) is 2.63. The van der Waals surface area contributed by atoms with E-state index in [-0.39, 0.29) is 6.04 Å². The van der Waals surface area contributed by atoms with Crippen LogP contribution in [0.3, 0.4) is 0 Å². The first-order valence-corrected chi connectivity index (χ1v) is 6.36. The molecule has 17 heavy (non-hydrogen) atoms. The van der Waals surface area contributed by atoms with Crippen LogP contribution in [0.25, 0.3) is 0 Å². The topological polar surface area (TPSA) is 53.6 Å². The molecule has 4 nitrogen and oxygen atoms in total. The Morgan fingerprint density at radius 2 is 2.18 bits per heavy atom. The van der Waals surface area contributed by atoms with Gasteiger partial charge in [-0.25, -0.2) is 0 Å². The highest BCUT2D eigenvalue weighted by Gasteiger charge is 2.21. The minimum Gasteiger partial charge on any atom is -0.295 e. The lowest BCUT2D eigenvalue weighted by Crippen LogP contribution is -2.34. The van der Waals surface area contributed by atoms with Gasteiger partial charge in [-0.05, 0) is 19.8 Å². The van der Waals surface area contributed by atoms with Crippen molar-refractivity contribution in [3.63, 3.8) is 0 Å². The Balaban J connectivity index is 2.06. The van der Waals surface area contributed by atoms with Gasteiger partial charge in [-0.15, -0.1) is 0 Å². The molecular formula is C13H20N4. The molecule has 0 saturated heterocycles. The van der Waals surface area contributed by atoms with Crippen LogP contribution < -0.4 is 5.32 Å². The predicted octanol–water partition coefficient (Wildman–Crippen LogP) is 2.22. The second-order valence-electron chi connectivity index (χ2n) is 4.87. The second kappa shape index (κ2) is 5.33. The van der Waals surface area contributed by atoms with Gasteiger partial charge in [0.1, 0.15) is 6.04 Å². The van der Waals surface area contributed by atoms with E-state index in [4.69, 9.17) is 0 Å². The highest BCUT2D eigenvalue weighted by molar-refractivity contribution is 5.25. The van der Waals surface area contributed by atoms with Crippen LogP contribution in [0.2, 0.25) is 0 Å². The monoisotopic (exact) mass is 232 g/mol.